The molecular weight excluding hydrogens is 374 g/mol. The molecule has 1 atom stereocenters. The molecule has 0 spiro atoms. The molecule has 0 saturated heterocycles. The Kier molecular flexibility index (Phi) is 8.13. The zero-order chi connectivity index (χ0) is 21.2. The monoisotopic (exact) mass is 405 g/mol. The number of aryl methyl sites for hydroxylation is 1. The van der Waals surface area contributed by atoms with Crippen LogP contribution in [-0.2, 0) is 9.53 Å². The van der Waals surface area contributed by atoms with Crippen molar-refractivity contribution in [1.82, 2.24) is 0 Å². The van der Waals surface area contributed by atoms with Crippen molar-refractivity contribution in [3.05, 3.63) is 77.4 Å². The summed E-state index contributed by atoms with van der Waals surface area (Å²) in [7, 11) is 0. The Morgan fingerprint density at radius 3 is 2.77 bits per heavy atom. The van der Waals surface area contributed by atoms with Gasteiger partial charge in [-0.3, -0.25) is 0 Å². The summed E-state index contributed by atoms with van der Waals surface area (Å²) in [4.78, 5) is 11.8. The van der Waals surface area contributed by atoms with Crippen molar-refractivity contribution >= 4 is 17.7 Å². The minimum absolute atomic E-state index is 0.289. The SMILES string of the molecule is Cc1ccc(/C=C/C(=O)OCCCC/C=C2\CCC(Nc3ccccc3O)C2)cc1. The second kappa shape index (κ2) is 11.2. The summed E-state index contributed by atoms with van der Waals surface area (Å²) >= 11 is 0. The number of para-hydroxylation sites is 2. The number of ether oxygens (including phenoxy) is 1. The lowest BCUT2D eigenvalue weighted by atomic mass is 10.1. The van der Waals surface area contributed by atoms with Gasteiger partial charge in [-0.15, -0.1) is 0 Å². The number of allylic oxidation sites excluding steroid dienone is 1. The quantitative estimate of drug-likeness (QED) is 0.176. The third-order valence-electron chi connectivity index (χ3n) is 5.35. The molecule has 4 heteroatoms. The number of anilines is 1. The average Bonchev–Trinajstić information content (AvgIpc) is 3.19. The molecule has 1 fully saturated rings. The Balaban J connectivity index is 1.28. The van der Waals surface area contributed by atoms with Gasteiger partial charge in [0.05, 0.1) is 12.3 Å². The van der Waals surface area contributed by atoms with E-state index in [2.05, 4.69) is 11.4 Å². The van der Waals surface area contributed by atoms with Crippen LogP contribution in [0.4, 0.5) is 5.69 Å². The van der Waals surface area contributed by atoms with Crippen molar-refractivity contribution in [2.75, 3.05) is 11.9 Å². The van der Waals surface area contributed by atoms with Crippen molar-refractivity contribution in [3.63, 3.8) is 0 Å². The summed E-state index contributed by atoms with van der Waals surface area (Å²) in [5.41, 5.74) is 4.48. The number of carbonyl (C=O) groups excluding carboxylic acids is 1. The van der Waals surface area contributed by atoms with Crippen LogP contribution in [0.3, 0.4) is 0 Å². The van der Waals surface area contributed by atoms with Crippen LogP contribution in [-0.4, -0.2) is 23.7 Å². The Bertz CT molecular complexity index is 883. The summed E-state index contributed by atoms with van der Waals surface area (Å²) in [6, 6.07) is 15.8. The third kappa shape index (κ3) is 7.11. The second-order valence-electron chi connectivity index (χ2n) is 7.87. The number of carbonyl (C=O) groups is 1. The molecule has 30 heavy (non-hydrogen) atoms. The molecule has 4 nitrogen and oxygen atoms in total. The van der Waals surface area contributed by atoms with Crippen molar-refractivity contribution in [3.8, 4) is 5.75 Å². The molecule has 0 amide bonds. The molecule has 0 aliphatic heterocycles. The van der Waals surface area contributed by atoms with E-state index in [1.165, 1.54) is 17.2 Å². The van der Waals surface area contributed by atoms with Crippen molar-refractivity contribution in [1.29, 1.82) is 0 Å². The van der Waals surface area contributed by atoms with Crippen LogP contribution >= 0.6 is 0 Å². The number of benzene rings is 2. The van der Waals surface area contributed by atoms with Crippen LogP contribution in [0, 0.1) is 6.92 Å². The lowest BCUT2D eigenvalue weighted by Crippen LogP contribution is -2.14. The largest absolute Gasteiger partial charge is 0.506 e. The van der Waals surface area contributed by atoms with E-state index in [1.54, 1.807) is 12.1 Å². The topological polar surface area (TPSA) is 58.6 Å². The predicted octanol–water partition coefficient (Wildman–Crippen LogP) is 6.02. The van der Waals surface area contributed by atoms with Gasteiger partial charge in [0, 0.05) is 12.1 Å². The molecular formula is C26H31NO3. The smallest absolute Gasteiger partial charge is 0.330 e. The molecule has 0 radical (unpaired) electrons. The highest BCUT2D eigenvalue weighted by Gasteiger charge is 2.19. The van der Waals surface area contributed by atoms with Gasteiger partial charge in [-0.1, -0.05) is 53.6 Å². The zero-order valence-corrected chi connectivity index (χ0v) is 17.6. The summed E-state index contributed by atoms with van der Waals surface area (Å²) in [5.74, 6) is 0.0148. The van der Waals surface area contributed by atoms with Gasteiger partial charge in [0.1, 0.15) is 5.75 Å². The van der Waals surface area contributed by atoms with Gasteiger partial charge in [-0.25, -0.2) is 4.79 Å². The molecule has 0 aromatic heterocycles. The molecule has 0 bridgehead atoms. The lowest BCUT2D eigenvalue weighted by molar-refractivity contribution is -0.137. The molecule has 1 aliphatic carbocycles. The van der Waals surface area contributed by atoms with Crippen LogP contribution in [0.1, 0.15) is 49.7 Å². The van der Waals surface area contributed by atoms with Crippen LogP contribution in [0.5, 0.6) is 5.75 Å². The number of nitrogens with one attached hydrogen (secondary N) is 1. The first kappa shape index (κ1) is 21.7. The van der Waals surface area contributed by atoms with E-state index in [1.807, 2.05) is 49.4 Å². The summed E-state index contributed by atoms with van der Waals surface area (Å²) < 4.78 is 5.27. The number of rotatable bonds is 9. The third-order valence-corrected chi connectivity index (χ3v) is 5.35. The van der Waals surface area contributed by atoms with E-state index in [-0.39, 0.29) is 5.97 Å². The maximum Gasteiger partial charge on any atom is 0.330 e. The maximum atomic E-state index is 11.8. The number of hydrogen-bond acceptors (Lipinski definition) is 4. The first-order chi connectivity index (χ1) is 14.6. The maximum absolute atomic E-state index is 11.8. The Labute approximate surface area is 179 Å². The molecule has 3 rings (SSSR count). The zero-order valence-electron chi connectivity index (χ0n) is 17.6. The van der Waals surface area contributed by atoms with Gasteiger partial charge in [0.25, 0.3) is 0 Å². The van der Waals surface area contributed by atoms with Gasteiger partial charge in [0.2, 0.25) is 0 Å². The number of hydrogen-bond donors (Lipinski definition) is 2. The van der Waals surface area contributed by atoms with Crippen LogP contribution in [0.2, 0.25) is 0 Å². The van der Waals surface area contributed by atoms with Crippen molar-refractivity contribution < 1.29 is 14.6 Å². The summed E-state index contributed by atoms with van der Waals surface area (Å²) in [6.07, 6.45) is 11.7. The fraction of sp³-hybridized carbons (Fsp3) is 0.346. The molecule has 1 unspecified atom stereocenters. The average molecular weight is 406 g/mol. The molecule has 158 valence electrons. The van der Waals surface area contributed by atoms with Gasteiger partial charge in [-0.05, 0) is 69.2 Å². The van der Waals surface area contributed by atoms with Gasteiger partial charge in [0.15, 0.2) is 0 Å². The molecule has 1 saturated carbocycles. The van der Waals surface area contributed by atoms with Crippen molar-refractivity contribution in [2.24, 2.45) is 0 Å². The number of phenols is 1. The van der Waals surface area contributed by atoms with E-state index < -0.39 is 0 Å². The van der Waals surface area contributed by atoms with Crippen molar-refractivity contribution in [2.45, 2.75) is 51.5 Å². The number of phenolic OH excluding ortho intramolecular Hbond substituents is 1. The molecule has 2 aromatic carbocycles. The van der Waals surface area contributed by atoms with Crippen LogP contribution in [0.25, 0.3) is 6.08 Å². The molecule has 0 heterocycles. The predicted molar refractivity (Wildman–Crippen MR) is 122 cm³/mol. The molecule has 1 aliphatic rings. The number of unbranched alkanes of at least 4 members (excludes halogenated alkanes) is 2. The highest BCUT2D eigenvalue weighted by molar-refractivity contribution is 5.87. The minimum Gasteiger partial charge on any atom is -0.506 e. The Morgan fingerprint density at radius 1 is 1.17 bits per heavy atom. The van der Waals surface area contributed by atoms with Gasteiger partial charge in [-0.2, -0.15) is 0 Å². The Hall–Kier alpha value is -3.01. The minimum atomic E-state index is -0.289. The van der Waals surface area contributed by atoms with E-state index in [0.29, 0.717) is 18.4 Å². The molecule has 2 N–H and O–H groups in total. The van der Waals surface area contributed by atoms with E-state index in [9.17, 15) is 9.90 Å². The summed E-state index contributed by atoms with van der Waals surface area (Å²) in [6.45, 7) is 2.49. The highest BCUT2D eigenvalue weighted by atomic mass is 16.5. The van der Waals surface area contributed by atoms with Crippen LogP contribution in [0.15, 0.2) is 66.3 Å². The highest BCUT2D eigenvalue weighted by Crippen LogP contribution is 2.31. The number of aromatic hydroxyl groups is 1. The van der Waals surface area contributed by atoms with Gasteiger partial charge < -0.3 is 15.2 Å². The van der Waals surface area contributed by atoms with E-state index >= 15 is 0 Å². The standard InChI is InChI=1S/C26H31NO3/c1-20-10-12-21(13-11-20)15-17-26(29)30-18-6-2-3-7-22-14-16-23(19-22)27-24-8-4-5-9-25(24)28/h4-5,7-13,15,17,23,27-28H,2-3,6,14,16,18-19H2,1H3/b17-15+,22-7+. The summed E-state index contributed by atoms with van der Waals surface area (Å²) in [5, 5.41) is 13.3. The fourth-order valence-corrected chi connectivity index (χ4v) is 3.62. The fourth-order valence-electron chi connectivity index (χ4n) is 3.62. The van der Waals surface area contributed by atoms with Gasteiger partial charge >= 0.3 is 5.97 Å². The second-order valence-corrected chi connectivity index (χ2v) is 7.87. The lowest BCUT2D eigenvalue weighted by Gasteiger charge is -2.14. The normalized spacial score (nSPS) is 17.5. The number of esters is 1. The first-order valence-electron chi connectivity index (χ1n) is 10.7. The van der Waals surface area contributed by atoms with E-state index in [4.69, 9.17) is 4.74 Å². The molecule has 2 aromatic rings. The van der Waals surface area contributed by atoms with E-state index in [0.717, 1.165) is 49.8 Å². The Morgan fingerprint density at radius 2 is 1.97 bits per heavy atom. The first-order valence-corrected chi connectivity index (χ1v) is 10.7. The van der Waals surface area contributed by atoms with Crippen LogP contribution < -0.4 is 5.32 Å².